The molecule has 0 radical (unpaired) electrons. The molecule has 3 rings (SSSR count). The SMILES string of the molecule is O=S(=O)(c1ccc(Oc2ccc(Cl)cc2)cc1)N1CCNCC1O. The van der Waals surface area contributed by atoms with Gasteiger partial charge in [0.05, 0.1) is 4.90 Å². The molecule has 1 atom stereocenters. The van der Waals surface area contributed by atoms with Gasteiger partial charge in [-0.05, 0) is 48.5 Å². The van der Waals surface area contributed by atoms with Crippen LogP contribution in [-0.4, -0.2) is 43.7 Å². The number of nitrogens with one attached hydrogen (secondary N) is 1. The van der Waals surface area contributed by atoms with Crippen LogP contribution in [0.3, 0.4) is 0 Å². The van der Waals surface area contributed by atoms with E-state index in [1.807, 2.05) is 0 Å². The highest BCUT2D eigenvalue weighted by atomic mass is 35.5. The number of aliphatic hydroxyl groups excluding tert-OH is 1. The van der Waals surface area contributed by atoms with Gasteiger partial charge >= 0.3 is 0 Å². The number of sulfonamides is 1. The maximum atomic E-state index is 12.6. The van der Waals surface area contributed by atoms with Gasteiger partial charge in [-0.3, -0.25) is 0 Å². The number of hydrogen-bond acceptors (Lipinski definition) is 5. The fraction of sp³-hybridized carbons (Fsp3) is 0.250. The lowest BCUT2D eigenvalue weighted by Gasteiger charge is -2.31. The molecule has 0 saturated carbocycles. The topological polar surface area (TPSA) is 78.9 Å². The average molecular weight is 369 g/mol. The Balaban J connectivity index is 1.77. The molecule has 1 saturated heterocycles. The molecule has 0 bridgehead atoms. The van der Waals surface area contributed by atoms with E-state index in [1.54, 1.807) is 36.4 Å². The minimum absolute atomic E-state index is 0.118. The second-order valence-corrected chi connectivity index (χ2v) is 7.65. The Kier molecular flexibility index (Phi) is 5.07. The van der Waals surface area contributed by atoms with Crippen LogP contribution in [0.15, 0.2) is 53.4 Å². The van der Waals surface area contributed by atoms with Crippen LogP contribution in [0.25, 0.3) is 0 Å². The maximum Gasteiger partial charge on any atom is 0.245 e. The molecule has 1 aliphatic rings. The Hall–Kier alpha value is -1.64. The van der Waals surface area contributed by atoms with Crippen molar-refractivity contribution >= 4 is 21.6 Å². The first kappa shape index (κ1) is 17.2. The van der Waals surface area contributed by atoms with Gasteiger partial charge in [-0.2, -0.15) is 4.31 Å². The fourth-order valence-corrected chi connectivity index (χ4v) is 4.01. The summed E-state index contributed by atoms with van der Waals surface area (Å²) in [7, 11) is -3.74. The Morgan fingerprint density at radius 3 is 2.25 bits per heavy atom. The summed E-state index contributed by atoms with van der Waals surface area (Å²) < 4.78 is 31.9. The van der Waals surface area contributed by atoms with E-state index < -0.39 is 16.3 Å². The first-order chi connectivity index (χ1) is 11.5. The number of piperazine rings is 1. The number of aliphatic hydroxyl groups is 1. The van der Waals surface area contributed by atoms with Gasteiger partial charge in [0.2, 0.25) is 10.0 Å². The van der Waals surface area contributed by atoms with Gasteiger partial charge in [0.25, 0.3) is 0 Å². The summed E-state index contributed by atoms with van der Waals surface area (Å²) in [6.45, 7) is 0.956. The van der Waals surface area contributed by atoms with Crippen molar-refractivity contribution in [2.24, 2.45) is 0 Å². The Labute approximate surface area is 145 Å². The van der Waals surface area contributed by atoms with Crippen LogP contribution >= 0.6 is 11.6 Å². The molecule has 1 unspecified atom stereocenters. The van der Waals surface area contributed by atoms with Crippen LogP contribution in [-0.2, 0) is 10.0 Å². The number of halogens is 1. The van der Waals surface area contributed by atoms with E-state index in [9.17, 15) is 13.5 Å². The zero-order valence-electron chi connectivity index (χ0n) is 12.7. The maximum absolute atomic E-state index is 12.6. The van der Waals surface area contributed by atoms with E-state index >= 15 is 0 Å². The third-order valence-electron chi connectivity index (χ3n) is 3.65. The highest BCUT2D eigenvalue weighted by Gasteiger charge is 2.32. The van der Waals surface area contributed by atoms with Crippen molar-refractivity contribution in [3.8, 4) is 11.5 Å². The number of nitrogens with zero attached hydrogens (tertiary/aromatic N) is 1. The van der Waals surface area contributed by atoms with E-state index in [0.29, 0.717) is 23.1 Å². The van der Waals surface area contributed by atoms with Gasteiger partial charge in [0, 0.05) is 24.7 Å². The van der Waals surface area contributed by atoms with Gasteiger partial charge in [0.1, 0.15) is 17.7 Å². The molecule has 128 valence electrons. The van der Waals surface area contributed by atoms with Gasteiger partial charge < -0.3 is 15.2 Å². The largest absolute Gasteiger partial charge is 0.457 e. The average Bonchev–Trinajstić information content (AvgIpc) is 2.58. The molecular weight excluding hydrogens is 352 g/mol. The third kappa shape index (κ3) is 3.71. The molecule has 24 heavy (non-hydrogen) atoms. The summed E-state index contributed by atoms with van der Waals surface area (Å²) in [6.07, 6.45) is -1.06. The van der Waals surface area contributed by atoms with Gasteiger partial charge in [-0.1, -0.05) is 11.6 Å². The molecule has 8 heteroatoms. The van der Waals surface area contributed by atoms with E-state index in [1.165, 1.54) is 12.1 Å². The number of hydrogen-bond donors (Lipinski definition) is 2. The zero-order chi connectivity index (χ0) is 17.2. The number of ether oxygens (including phenoxy) is 1. The molecule has 1 fully saturated rings. The predicted octanol–water partition coefficient (Wildman–Crippen LogP) is 2.04. The molecule has 2 aromatic carbocycles. The second kappa shape index (κ2) is 7.08. The second-order valence-electron chi connectivity index (χ2n) is 5.33. The van der Waals surface area contributed by atoms with E-state index in [2.05, 4.69) is 5.32 Å². The first-order valence-electron chi connectivity index (χ1n) is 7.41. The fourth-order valence-electron chi connectivity index (χ4n) is 2.41. The van der Waals surface area contributed by atoms with Crippen molar-refractivity contribution < 1.29 is 18.3 Å². The van der Waals surface area contributed by atoms with E-state index in [0.717, 1.165) is 4.31 Å². The number of rotatable bonds is 4. The van der Waals surface area contributed by atoms with E-state index in [4.69, 9.17) is 16.3 Å². The Morgan fingerprint density at radius 2 is 1.67 bits per heavy atom. The molecule has 0 spiro atoms. The molecule has 1 aliphatic heterocycles. The summed E-state index contributed by atoms with van der Waals surface area (Å²) in [4.78, 5) is 0.118. The van der Waals surface area contributed by atoms with Crippen molar-refractivity contribution in [3.05, 3.63) is 53.6 Å². The Bertz CT molecular complexity index is 794. The monoisotopic (exact) mass is 368 g/mol. The Morgan fingerprint density at radius 1 is 1.08 bits per heavy atom. The summed E-state index contributed by atoms with van der Waals surface area (Å²) >= 11 is 5.82. The lowest BCUT2D eigenvalue weighted by molar-refractivity contribution is 0.0452. The van der Waals surface area contributed by atoms with Crippen LogP contribution in [0.2, 0.25) is 5.02 Å². The zero-order valence-corrected chi connectivity index (χ0v) is 14.3. The number of benzene rings is 2. The quantitative estimate of drug-likeness (QED) is 0.863. The molecule has 2 aromatic rings. The molecule has 0 aliphatic carbocycles. The van der Waals surface area contributed by atoms with Crippen molar-refractivity contribution in [3.63, 3.8) is 0 Å². The van der Waals surface area contributed by atoms with Gasteiger partial charge in [-0.15, -0.1) is 0 Å². The van der Waals surface area contributed by atoms with Crippen molar-refractivity contribution in [1.82, 2.24) is 9.62 Å². The minimum Gasteiger partial charge on any atom is -0.457 e. The van der Waals surface area contributed by atoms with Crippen LogP contribution in [0.5, 0.6) is 11.5 Å². The molecule has 1 heterocycles. The van der Waals surface area contributed by atoms with Crippen molar-refractivity contribution in [2.75, 3.05) is 19.6 Å². The van der Waals surface area contributed by atoms with E-state index in [-0.39, 0.29) is 18.0 Å². The smallest absolute Gasteiger partial charge is 0.245 e. The summed E-state index contributed by atoms with van der Waals surface area (Å²) in [5, 5.41) is 13.4. The lowest BCUT2D eigenvalue weighted by atomic mass is 10.3. The van der Waals surface area contributed by atoms with Gasteiger partial charge in [0.15, 0.2) is 0 Å². The molecule has 0 amide bonds. The standard InChI is InChI=1S/C16H17ClN2O4S/c17-12-1-3-13(4-2-12)23-14-5-7-15(8-6-14)24(21,22)19-10-9-18-11-16(19)20/h1-8,16,18,20H,9-11H2. The minimum atomic E-state index is -3.74. The van der Waals surface area contributed by atoms with Crippen LogP contribution in [0, 0.1) is 0 Å². The van der Waals surface area contributed by atoms with Crippen molar-refractivity contribution in [2.45, 2.75) is 11.1 Å². The van der Waals surface area contributed by atoms with Gasteiger partial charge in [-0.25, -0.2) is 8.42 Å². The first-order valence-corrected chi connectivity index (χ1v) is 9.23. The highest BCUT2D eigenvalue weighted by molar-refractivity contribution is 7.89. The summed E-state index contributed by atoms with van der Waals surface area (Å²) in [5.74, 6) is 1.12. The van der Waals surface area contributed by atoms with Crippen LogP contribution in [0.4, 0.5) is 0 Å². The van der Waals surface area contributed by atoms with Crippen LogP contribution in [0.1, 0.15) is 0 Å². The lowest BCUT2D eigenvalue weighted by Crippen LogP contribution is -2.53. The third-order valence-corrected chi connectivity index (χ3v) is 5.81. The van der Waals surface area contributed by atoms with Crippen molar-refractivity contribution in [1.29, 1.82) is 0 Å². The summed E-state index contributed by atoms with van der Waals surface area (Å²) in [6, 6.07) is 13.0. The predicted molar refractivity (Wildman–Crippen MR) is 90.7 cm³/mol. The van der Waals surface area contributed by atoms with Crippen LogP contribution < -0.4 is 10.1 Å². The highest BCUT2D eigenvalue weighted by Crippen LogP contribution is 2.26. The normalized spacial score (nSPS) is 19.2. The molecule has 2 N–H and O–H groups in total. The molecule has 6 nitrogen and oxygen atoms in total. The molecular formula is C16H17ClN2O4S. The number of β-amino-alcohol motifs (C(OH)–C–C–N with tert-alkyl or cyclic N) is 1. The summed E-state index contributed by atoms with van der Waals surface area (Å²) in [5.41, 5.74) is 0. The molecule has 0 aromatic heterocycles.